The van der Waals surface area contributed by atoms with Gasteiger partial charge >= 0.3 is 11.9 Å². The van der Waals surface area contributed by atoms with Crippen molar-refractivity contribution in [2.24, 2.45) is 0 Å². The number of hydrogen-bond acceptors (Lipinski definition) is 14. The molecule has 0 saturated heterocycles. The van der Waals surface area contributed by atoms with Crippen LogP contribution in [0.25, 0.3) is 0 Å². The van der Waals surface area contributed by atoms with Crippen molar-refractivity contribution in [2.45, 2.75) is 51.0 Å². The third-order valence-corrected chi connectivity index (χ3v) is 7.91. The number of carboxylic acid groups (broad SMARTS) is 2. The molecular formula is C40H52N4O12. The summed E-state index contributed by atoms with van der Waals surface area (Å²) in [6.07, 6.45) is 0.856. The normalized spacial score (nSPS) is 14.8. The zero-order valence-corrected chi connectivity index (χ0v) is 30.6. The highest BCUT2D eigenvalue weighted by Crippen LogP contribution is 2.27. The molecule has 4 aromatic carbocycles. The van der Waals surface area contributed by atoms with Gasteiger partial charge in [-0.1, -0.05) is 36.4 Å². The molecule has 0 bridgehead atoms. The minimum Gasteiger partial charge on any atom is -0.506 e. The Kier molecular flexibility index (Phi) is 16.2. The molecule has 0 aliphatic carbocycles. The summed E-state index contributed by atoms with van der Waals surface area (Å²) in [5, 5.41) is 79.5. The molecule has 4 aromatic rings. The van der Waals surface area contributed by atoms with Gasteiger partial charge in [-0.15, -0.1) is 0 Å². The van der Waals surface area contributed by atoms with Crippen LogP contribution < -0.4 is 31.1 Å². The van der Waals surface area contributed by atoms with E-state index in [2.05, 4.69) is 10.6 Å². The fourth-order valence-corrected chi connectivity index (χ4v) is 4.94. The number of phenolic OH excluding ortho intramolecular Hbond substituents is 2. The van der Waals surface area contributed by atoms with Gasteiger partial charge in [-0.2, -0.15) is 0 Å². The van der Waals surface area contributed by atoms with Crippen LogP contribution in [0.4, 0.5) is 11.4 Å². The van der Waals surface area contributed by atoms with Crippen LogP contribution in [0.15, 0.2) is 97.1 Å². The molecule has 0 unspecified atom stereocenters. The SMILES string of the molecule is O=C(O)/C=C/C(=O)O.[2H][13C]([2H])([2H])Oc1ccc(C[C@H](C)NC[C@@H](O)c2ccc(O)c(NO)c2)cc1.[2H][13C]([2H])([2H])Oc1ccc(C[C@H](C)NC[C@@H](O)c2ccc(O)c(NO)c2)cc1. The molecule has 16 heteroatoms. The Morgan fingerprint density at radius 3 is 1.30 bits per heavy atom. The molecule has 4 rings (SSSR count). The number of aliphatic hydroxyl groups is 2. The molecule has 0 amide bonds. The number of benzene rings is 4. The number of rotatable bonds is 18. The van der Waals surface area contributed by atoms with Crippen LogP contribution in [-0.2, 0) is 22.4 Å². The molecule has 0 aliphatic rings. The Hall–Kier alpha value is -5.88. The Morgan fingerprint density at radius 2 is 1.00 bits per heavy atom. The lowest BCUT2D eigenvalue weighted by atomic mass is 10.1. The zero-order valence-electron chi connectivity index (χ0n) is 36.6. The molecule has 16 nitrogen and oxygen atoms in total. The Balaban J connectivity index is 0.000000363. The van der Waals surface area contributed by atoms with Gasteiger partial charge in [-0.25, -0.2) is 9.59 Å². The van der Waals surface area contributed by atoms with E-state index < -0.39 is 38.2 Å². The molecular weight excluding hydrogens is 730 g/mol. The van der Waals surface area contributed by atoms with Crippen LogP contribution in [-0.4, -0.2) is 92.2 Å². The molecule has 0 fully saturated rings. The molecule has 0 saturated carbocycles. The van der Waals surface area contributed by atoms with Gasteiger partial charge in [-0.3, -0.25) is 21.4 Å². The summed E-state index contributed by atoms with van der Waals surface area (Å²) in [7, 11) is -4.93. The van der Waals surface area contributed by atoms with E-state index in [9.17, 15) is 30.0 Å². The second-order valence-electron chi connectivity index (χ2n) is 12.3. The van der Waals surface area contributed by atoms with E-state index in [1.54, 1.807) is 60.7 Å². The quantitative estimate of drug-likeness (QED) is 0.0284. The van der Waals surface area contributed by atoms with E-state index in [4.69, 9.17) is 38.3 Å². The molecule has 0 aromatic heterocycles. The second-order valence-corrected chi connectivity index (χ2v) is 12.3. The topological polar surface area (TPSA) is 263 Å². The van der Waals surface area contributed by atoms with Gasteiger partial charge < -0.3 is 50.7 Å². The number of aromatic hydroxyl groups is 2. The Morgan fingerprint density at radius 1 is 0.643 bits per heavy atom. The van der Waals surface area contributed by atoms with Crippen molar-refractivity contribution in [3.05, 3.63) is 119 Å². The fraction of sp³-hybridized carbons (Fsp3) is 0.300. The van der Waals surface area contributed by atoms with Crippen molar-refractivity contribution in [1.29, 1.82) is 0 Å². The number of methoxy groups -OCH3 is 2. The fourth-order valence-electron chi connectivity index (χ4n) is 4.94. The first-order chi connectivity index (χ1) is 29.0. The number of aliphatic hydroxyl groups excluding tert-OH is 2. The van der Waals surface area contributed by atoms with Crippen molar-refractivity contribution >= 4 is 23.3 Å². The van der Waals surface area contributed by atoms with E-state index in [1.165, 1.54) is 24.3 Å². The van der Waals surface area contributed by atoms with Gasteiger partial charge in [-0.05, 0) is 97.5 Å². The van der Waals surface area contributed by atoms with Gasteiger partial charge in [0.2, 0.25) is 0 Å². The number of anilines is 2. The smallest absolute Gasteiger partial charge is 0.328 e. The number of phenols is 2. The van der Waals surface area contributed by atoms with Crippen molar-refractivity contribution in [3.8, 4) is 23.0 Å². The van der Waals surface area contributed by atoms with Gasteiger partial charge in [0.15, 0.2) is 0 Å². The summed E-state index contributed by atoms with van der Waals surface area (Å²) >= 11 is 0. The lowest BCUT2D eigenvalue weighted by Crippen LogP contribution is -2.32. The maximum Gasteiger partial charge on any atom is 0.328 e. The highest BCUT2D eigenvalue weighted by Gasteiger charge is 2.14. The first-order valence-electron chi connectivity index (χ1n) is 20.0. The predicted octanol–water partition coefficient (Wildman–Crippen LogP) is 4.62. The molecule has 12 N–H and O–H groups in total. The summed E-state index contributed by atoms with van der Waals surface area (Å²) < 4.78 is 52.2. The van der Waals surface area contributed by atoms with Gasteiger partial charge in [0.1, 0.15) is 34.4 Å². The monoisotopic (exact) mass is 788 g/mol. The first-order valence-corrected chi connectivity index (χ1v) is 17.0. The lowest BCUT2D eigenvalue weighted by molar-refractivity contribution is -0.134. The van der Waals surface area contributed by atoms with E-state index in [-0.39, 0.29) is 59.5 Å². The van der Waals surface area contributed by atoms with E-state index >= 15 is 0 Å². The van der Waals surface area contributed by atoms with Gasteiger partial charge in [0.25, 0.3) is 0 Å². The molecule has 0 radical (unpaired) electrons. The molecule has 0 heterocycles. The predicted molar refractivity (Wildman–Crippen MR) is 210 cm³/mol. The van der Waals surface area contributed by atoms with Gasteiger partial charge in [0.05, 0.1) is 34.5 Å². The average Bonchev–Trinajstić information content (AvgIpc) is 3.19. The van der Waals surface area contributed by atoms with Gasteiger partial charge in [0, 0.05) is 37.3 Å². The molecule has 0 spiro atoms. The highest BCUT2D eigenvalue weighted by molar-refractivity contribution is 5.89. The molecule has 0 aliphatic heterocycles. The second kappa shape index (κ2) is 24.5. The number of carboxylic acids is 2. The van der Waals surface area contributed by atoms with Crippen LogP contribution in [0.1, 0.15) is 56.5 Å². The standard InChI is InChI=1S/2C18H24N2O4.C4H4O4/c2*1-12(9-13-3-6-15(24-2)7-4-13)19-11-18(22)14-5-8-17(21)16(10-14)20-23;5-3(6)1-2-4(7)8/h2*3-8,10,12,18-23H,9,11H2,1-2H3;1-2H,(H,5,6)(H,7,8)/b;;2-1+/t2*12-,18+;/m00./s1/i2*2+1D3;. The molecule has 56 heavy (non-hydrogen) atoms. The van der Waals surface area contributed by atoms with Crippen molar-refractivity contribution in [3.63, 3.8) is 0 Å². The van der Waals surface area contributed by atoms with Crippen LogP contribution >= 0.6 is 0 Å². The number of carbonyl (C=O) groups is 2. The van der Waals surface area contributed by atoms with Crippen molar-refractivity contribution < 1.29 is 68.3 Å². The van der Waals surface area contributed by atoms with Crippen molar-refractivity contribution in [1.82, 2.24) is 10.6 Å². The third kappa shape index (κ3) is 17.1. The summed E-state index contributed by atoms with van der Waals surface area (Å²) in [6.45, 7) is 4.52. The Bertz CT molecular complexity index is 1880. The third-order valence-electron chi connectivity index (χ3n) is 7.91. The first kappa shape index (κ1) is 37.1. The number of aliphatic carboxylic acids is 2. The Labute approximate surface area is 333 Å². The largest absolute Gasteiger partial charge is 0.506 e. The van der Waals surface area contributed by atoms with E-state index in [1.807, 2.05) is 24.8 Å². The maximum atomic E-state index is 10.3. The summed E-state index contributed by atoms with van der Waals surface area (Å²) in [5.74, 6) is -2.16. The molecule has 304 valence electrons. The summed E-state index contributed by atoms with van der Waals surface area (Å²) in [6, 6.07) is 22.7. The van der Waals surface area contributed by atoms with Crippen LogP contribution in [0.2, 0.25) is 0 Å². The maximum absolute atomic E-state index is 10.3. The minimum atomic E-state index is -2.47. The van der Waals surface area contributed by atoms with E-state index in [0.717, 1.165) is 11.1 Å². The van der Waals surface area contributed by atoms with Crippen LogP contribution in [0.3, 0.4) is 0 Å². The highest BCUT2D eigenvalue weighted by atomic mass is 16.5. The minimum absolute atomic E-state index is 0.0570. The molecule has 4 atom stereocenters. The lowest BCUT2D eigenvalue weighted by Gasteiger charge is -2.18. The zero-order chi connectivity index (χ0) is 46.6. The van der Waals surface area contributed by atoms with Crippen molar-refractivity contribution in [2.75, 3.05) is 38.1 Å². The van der Waals surface area contributed by atoms with E-state index in [0.29, 0.717) is 36.1 Å². The average molecular weight is 789 g/mol. The number of hydrogen-bond donors (Lipinski definition) is 12. The number of ether oxygens (including phenoxy) is 2. The summed E-state index contributed by atoms with van der Waals surface area (Å²) in [5.41, 5.74) is 7.11. The van der Waals surface area contributed by atoms with Crippen LogP contribution in [0, 0.1) is 0 Å². The number of nitrogens with one attached hydrogen (secondary N) is 4. The van der Waals surface area contributed by atoms with Crippen LogP contribution in [0.5, 0.6) is 23.0 Å². The summed E-state index contributed by atoms with van der Waals surface area (Å²) in [4.78, 5) is 19.1.